The van der Waals surface area contributed by atoms with Gasteiger partial charge in [0.05, 0.1) is 0 Å². The van der Waals surface area contributed by atoms with Crippen LogP contribution in [-0.2, 0) is 6.54 Å². The molecule has 0 saturated carbocycles. The quantitative estimate of drug-likeness (QED) is 0.699. The highest BCUT2D eigenvalue weighted by molar-refractivity contribution is 7.13. The van der Waals surface area contributed by atoms with E-state index in [9.17, 15) is 4.79 Å². The molecule has 1 amide bonds. The van der Waals surface area contributed by atoms with E-state index in [1.807, 2.05) is 66.6 Å². The van der Waals surface area contributed by atoms with Gasteiger partial charge in [-0.05, 0) is 31.5 Å². The van der Waals surface area contributed by atoms with E-state index in [-0.39, 0.29) is 11.9 Å². The number of amides is 1. The van der Waals surface area contributed by atoms with Crippen molar-refractivity contribution in [3.8, 4) is 10.6 Å². The first-order valence-electron chi connectivity index (χ1n) is 7.86. The summed E-state index contributed by atoms with van der Waals surface area (Å²) in [6.07, 6.45) is 3.46. The lowest BCUT2D eigenvalue weighted by Crippen LogP contribution is -2.36. The minimum absolute atomic E-state index is 0.0367. The van der Waals surface area contributed by atoms with Gasteiger partial charge in [0.15, 0.2) is 0 Å². The van der Waals surface area contributed by atoms with E-state index < -0.39 is 0 Å². The SMILES string of the molecule is CC(C)N(Cc1ccccc1)C(=O)c1csc(-c2ccncc2)n1. The van der Waals surface area contributed by atoms with Gasteiger partial charge in [-0.25, -0.2) is 4.98 Å². The van der Waals surface area contributed by atoms with Crippen molar-refractivity contribution in [2.75, 3.05) is 0 Å². The highest BCUT2D eigenvalue weighted by Crippen LogP contribution is 2.24. The molecule has 24 heavy (non-hydrogen) atoms. The van der Waals surface area contributed by atoms with Crippen LogP contribution in [0.3, 0.4) is 0 Å². The highest BCUT2D eigenvalue weighted by atomic mass is 32.1. The summed E-state index contributed by atoms with van der Waals surface area (Å²) < 4.78 is 0. The van der Waals surface area contributed by atoms with Crippen molar-refractivity contribution in [3.63, 3.8) is 0 Å². The van der Waals surface area contributed by atoms with Crippen LogP contribution in [0.4, 0.5) is 0 Å². The van der Waals surface area contributed by atoms with Crippen LogP contribution in [0.15, 0.2) is 60.2 Å². The predicted molar refractivity (Wildman–Crippen MR) is 96.8 cm³/mol. The Hall–Kier alpha value is -2.53. The summed E-state index contributed by atoms with van der Waals surface area (Å²) in [5.74, 6) is -0.0367. The number of carbonyl (C=O) groups is 1. The number of thiazole rings is 1. The molecule has 0 aliphatic carbocycles. The molecule has 3 rings (SSSR count). The molecule has 0 radical (unpaired) electrons. The smallest absolute Gasteiger partial charge is 0.273 e. The number of rotatable bonds is 5. The molecule has 0 saturated heterocycles. The minimum atomic E-state index is -0.0367. The van der Waals surface area contributed by atoms with Crippen LogP contribution < -0.4 is 0 Å². The molecule has 0 atom stereocenters. The molecule has 3 aromatic rings. The summed E-state index contributed by atoms with van der Waals surface area (Å²) in [6, 6.07) is 13.9. The van der Waals surface area contributed by atoms with Crippen LogP contribution in [0.5, 0.6) is 0 Å². The minimum Gasteiger partial charge on any atom is -0.331 e. The summed E-state index contributed by atoms with van der Waals surface area (Å²) in [5, 5.41) is 2.67. The van der Waals surface area contributed by atoms with Gasteiger partial charge in [-0.1, -0.05) is 30.3 Å². The molecular formula is C19H19N3OS. The number of benzene rings is 1. The third-order valence-corrected chi connectivity index (χ3v) is 4.62. The van der Waals surface area contributed by atoms with Crippen LogP contribution in [-0.4, -0.2) is 26.8 Å². The van der Waals surface area contributed by atoms with Gasteiger partial charge in [-0.2, -0.15) is 0 Å². The topological polar surface area (TPSA) is 46.1 Å². The monoisotopic (exact) mass is 337 g/mol. The molecule has 0 aliphatic rings. The van der Waals surface area contributed by atoms with Crippen molar-refractivity contribution >= 4 is 17.2 Å². The van der Waals surface area contributed by atoms with Crippen LogP contribution in [0.1, 0.15) is 29.9 Å². The Bertz CT molecular complexity index is 800. The summed E-state index contributed by atoms with van der Waals surface area (Å²) in [6.45, 7) is 4.63. The average molecular weight is 337 g/mol. The summed E-state index contributed by atoms with van der Waals surface area (Å²) >= 11 is 1.48. The molecule has 4 nitrogen and oxygen atoms in total. The van der Waals surface area contributed by atoms with Crippen molar-refractivity contribution in [1.29, 1.82) is 0 Å². The van der Waals surface area contributed by atoms with Crippen LogP contribution in [0, 0.1) is 0 Å². The van der Waals surface area contributed by atoms with Gasteiger partial charge in [0.25, 0.3) is 5.91 Å². The van der Waals surface area contributed by atoms with E-state index >= 15 is 0 Å². The molecule has 2 aromatic heterocycles. The molecule has 0 aliphatic heterocycles. The zero-order valence-corrected chi connectivity index (χ0v) is 14.5. The van der Waals surface area contributed by atoms with Gasteiger partial charge in [0.2, 0.25) is 0 Å². The van der Waals surface area contributed by atoms with E-state index in [0.29, 0.717) is 12.2 Å². The summed E-state index contributed by atoms with van der Waals surface area (Å²) in [5.41, 5.74) is 2.59. The maximum Gasteiger partial charge on any atom is 0.273 e. The second-order valence-corrected chi connectivity index (χ2v) is 6.64. The van der Waals surface area contributed by atoms with Gasteiger partial charge in [-0.15, -0.1) is 11.3 Å². The molecule has 2 heterocycles. The first kappa shape index (κ1) is 16.3. The third-order valence-electron chi connectivity index (χ3n) is 3.73. The molecule has 0 bridgehead atoms. The largest absolute Gasteiger partial charge is 0.331 e. The van der Waals surface area contributed by atoms with Gasteiger partial charge < -0.3 is 4.90 Å². The Kier molecular flexibility index (Phi) is 5.01. The summed E-state index contributed by atoms with van der Waals surface area (Å²) in [7, 11) is 0. The highest BCUT2D eigenvalue weighted by Gasteiger charge is 2.21. The van der Waals surface area contributed by atoms with Crippen molar-refractivity contribution in [2.45, 2.75) is 26.4 Å². The number of carbonyl (C=O) groups excluding carboxylic acids is 1. The molecular weight excluding hydrogens is 318 g/mol. The summed E-state index contributed by atoms with van der Waals surface area (Å²) in [4.78, 5) is 23.3. The first-order valence-corrected chi connectivity index (χ1v) is 8.74. The third kappa shape index (κ3) is 3.68. The van der Waals surface area contributed by atoms with Crippen LogP contribution in [0.25, 0.3) is 10.6 Å². The molecule has 0 N–H and O–H groups in total. The molecule has 5 heteroatoms. The Balaban J connectivity index is 1.82. The van der Waals surface area contributed by atoms with Gasteiger partial charge in [0.1, 0.15) is 10.7 Å². The van der Waals surface area contributed by atoms with E-state index in [0.717, 1.165) is 16.1 Å². The van der Waals surface area contributed by atoms with Crippen molar-refractivity contribution in [1.82, 2.24) is 14.9 Å². The molecule has 1 aromatic carbocycles. The van der Waals surface area contributed by atoms with Crippen molar-refractivity contribution < 1.29 is 4.79 Å². The van der Waals surface area contributed by atoms with E-state index in [4.69, 9.17) is 0 Å². The second kappa shape index (κ2) is 7.36. The number of pyridine rings is 1. The van der Waals surface area contributed by atoms with Crippen LogP contribution >= 0.6 is 11.3 Å². The van der Waals surface area contributed by atoms with E-state index in [2.05, 4.69) is 9.97 Å². The van der Waals surface area contributed by atoms with Crippen LogP contribution in [0.2, 0.25) is 0 Å². The Morgan fingerprint density at radius 1 is 1.12 bits per heavy atom. The zero-order chi connectivity index (χ0) is 16.9. The van der Waals surface area contributed by atoms with Crippen molar-refractivity contribution in [2.24, 2.45) is 0 Å². The lowest BCUT2D eigenvalue weighted by atomic mass is 10.2. The van der Waals surface area contributed by atoms with E-state index in [1.165, 1.54) is 11.3 Å². The standard InChI is InChI=1S/C19H19N3OS/c1-14(2)22(12-15-6-4-3-5-7-15)19(23)17-13-24-18(21-17)16-8-10-20-11-9-16/h3-11,13-14H,12H2,1-2H3. The lowest BCUT2D eigenvalue weighted by Gasteiger charge is -2.26. The molecule has 0 fully saturated rings. The van der Waals surface area contributed by atoms with Gasteiger partial charge in [0, 0.05) is 35.9 Å². The maximum atomic E-state index is 12.9. The zero-order valence-electron chi connectivity index (χ0n) is 13.7. The second-order valence-electron chi connectivity index (χ2n) is 5.79. The lowest BCUT2D eigenvalue weighted by molar-refractivity contribution is 0.0685. The fraction of sp³-hybridized carbons (Fsp3) is 0.211. The molecule has 0 spiro atoms. The normalized spacial score (nSPS) is 10.8. The molecule has 122 valence electrons. The van der Waals surface area contributed by atoms with Gasteiger partial charge in [-0.3, -0.25) is 9.78 Å². The van der Waals surface area contributed by atoms with Crippen molar-refractivity contribution in [3.05, 3.63) is 71.5 Å². The predicted octanol–water partition coefficient (Wildman–Crippen LogP) is 4.26. The first-order chi connectivity index (χ1) is 11.6. The fourth-order valence-corrected chi connectivity index (χ4v) is 3.22. The average Bonchev–Trinajstić information content (AvgIpc) is 3.11. The fourth-order valence-electron chi connectivity index (χ4n) is 2.42. The number of aromatic nitrogens is 2. The van der Waals surface area contributed by atoms with E-state index in [1.54, 1.807) is 12.4 Å². The number of hydrogen-bond acceptors (Lipinski definition) is 4. The Morgan fingerprint density at radius 3 is 2.50 bits per heavy atom. The Labute approximate surface area is 145 Å². The Morgan fingerprint density at radius 2 is 1.83 bits per heavy atom. The number of nitrogens with zero attached hydrogens (tertiary/aromatic N) is 3. The molecule has 0 unspecified atom stereocenters. The number of hydrogen-bond donors (Lipinski definition) is 0. The maximum absolute atomic E-state index is 12.9. The van der Waals surface area contributed by atoms with Gasteiger partial charge >= 0.3 is 0 Å².